The third kappa shape index (κ3) is 9.54. The monoisotopic (exact) mass is 710 g/mol. The molecule has 11 heteroatoms. The molecular weight excluding hydrogens is 669 g/mol. The zero-order chi connectivity index (χ0) is 34.9. The van der Waals surface area contributed by atoms with Crippen LogP contribution in [0.4, 0.5) is 30.7 Å². The number of alkyl halides is 7. The molecule has 0 aromatic heterocycles. The van der Waals surface area contributed by atoms with Gasteiger partial charge in [0.15, 0.2) is 6.29 Å². The number of hydrogen-bond donors (Lipinski definition) is 0. The maximum absolute atomic E-state index is 13.4. The van der Waals surface area contributed by atoms with Crippen molar-refractivity contribution in [1.82, 2.24) is 0 Å². The summed E-state index contributed by atoms with van der Waals surface area (Å²) in [7, 11) is 0. The summed E-state index contributed by atoms with van der Waals surface area (Å²) in [5.41, 5.74) is 7.15. The number of fused-ring (bicyclic) bond motifs is 1. The lowest BCUT2D eigenvalue weighted by Gasteiger charge is -2.28. The van der Waals surface area contributed by atoms with E-state index in [9.17, 15) is 30.7 Å². The third-order valence-electron chi connectivity index (χ3n) is 8.77. The van der Waals surface area contributed by atoms with E-state index < -0.39 is 30.2 Å². The molecule has 3 aromatic rings. The van der Waals surface area contributed by atoms with Crippen LogP contribution in [0.2, 0.25) is 0 Å². The van der Waals surface area contributed by atoms with Gasteiger partial charge >= 0.3 is 18.0 Å². The normalized spacial score (nSPS) is 17.4. The fourth-order valence-corrected chi connectivity index (χ4v) is 7.12. The zero-order valence-electron chi connectivity index (χ0n) is 27.2. The molecule has 266 valence electrons. The molecule has 1 aliphatic heterocycles. The summed E-state index contributed by atoms with van der Waals surface area (Å²) < 4.78 is 108. The second-order valence-electron chi connectivity index (χ2n) is 12.4. The van der Waals surface area contributed by atoms with E-state index in [4.69, 9.17) is 14.2 Å². The summed E-state index contributed by atoms with van der Waals surface area (Å²) in [6, 6.07) is 24.8. The molecule has 1 heterocycles. The molecule has 0 amide bonds. The molecule has 0 N–H and O–H groups in total. The van der Waals surface area contributed by atoms with Crippen LogP contribution >= 0.6 is 11.8 Å². The smallest absolute Gasteiger partial charge is 0.459 e. The van der Waals surface area contributed by atoms with Crippen molar-refractivity contribution in [2.45, 2.75) is 88.5 Å². The molecule has 1 aliphatic carbocycles. The molecule has 0 saturated carbocycles. The van der Waals surface area contributed by atoms with Crippen LogP contribution in [0.1, 0.15) is 80.0 Å². The molecule has 1 unspecified atom stereocenters. The van der Waals surface area contributed by atoms with Gasteiger partial charge in [-0.3, -0.25) is 0 Å². The number of hydrogen-bond acceptors (Lipinski definition) is 4. The number of unbranched alkanes of at least 4 members (excludes halogenated alkanes) is 2. The molecule has 3 nitrogen and oxygen atoms in total. The third-order valence-corrected chi connectivity index (χ3v) is 9.84. The van der Waals surface area contributed by atoms with E-state index in [1.165, 1.54) is 27.8 Å². The van der Waals surface area contributed by atoms with Gasteiger partial charge in [-0.05, 0) is 121 Å². The van der Waals surface area contributed by atoms with Gasteiger partial charge in [-0.2, -0.15) is 42.5 Å². The average Bonchev–Trinajstić information content (AvgIpc) is 3.27. The van der Waals surface area contributed by atoms with Gasteiger partial charge < -0.3 is 14.2 Å². The largest absolute Gasteiger partial charge is 0.494 e. The molecule has 1 fully saturated rings. The maximum atomic E-state index is 13.4. The summed E-state index contributed by atoms with van der Waals surface area (Å²) in [6.07, 6.45) is -0.146. The summed E-state index contributed by atoms with van der Waals surface area (Å²) in [5, 5.41) is 0. The van der Waals surface area contributed by atoms with Gasteiger partial charge in [0, 0.05) is 12.8 Å². The molecule has 1 saturated heterocycles. The van der Waals surface area contributed by atoms with Crippen molar-refractivity contribution in [2.75, 3.05) is 24.7 Å². The van der Waals surface area contributed by atoms with Crippen LogP contribution in [0.5, 0.6) is 11.5 Å². The Hall–Kier alpha value is -3.18. The number of thioether (sulfide) groups is 1. The Balaban J connectivity index is 1.16. The van der Waals surface area contributed by atoms with Crippen molar-refractivity contribution < 1.29 is 44.9 Å². The first-order valence-corrected chi connectivity index (χ1v) is 18.0. The number of allylic oxidation sites excluding steroid dienone is 1. The second-order valence-corrected chi connectivity index (χ2v) is 13.6. The predicted molar refractivity (Wildman–Crippen MR) is 180 cm³/mol. The standard InChI is InChI=1S/C38H41F7O3S/c39-36(40,37(41,42)38(43,44)45)21-25-49-24-8-2-6-22-46-30-17-15-28(16-18-30)35-32(27-10-3-1-4-11-27)13-9-12-29-26-31(19-20-33(29)35)48-34-14-5-7-23-47-34/h1,3-4,10-11,15-20,26,34H,2,5-9,12-14,21-25H2. The number of ether oxygens (including phenoxy) is 3. The highest BCUT2D eigenvalue weighted by Crippen LogP contribution is 2.48. The van der Waals surface area contributed by atoms with Crippen LogP contribution in [0.15, 0.2) is 72.8 Å². The van der Waals surface area contributed by atoms with Gasteiger partial charge in [0.25, 0.3) is 0 Å². The summed E-state index contributed by atoms with van der Waals surface area (Å²) in [4.78, 5) is 0. The van der Waals surface area contributed by atoms with Crippen LogP contribution in [0.3, 0.4) is 0 Å². The van der Waals surface area contributed by atoms with Crippen molar-refractivity contribution in [2.24, 2.45) is 0 Å². The van der Waals surface area contributed by atoms with Gasteiger partial charge in [-0.25, -0.2) is 0 Å². The van der Waals surface area contributed by atoms with Gasteiger partial charge in [0.2, 0.25) is 0 Å². The summed E-state index contributed by atoms with van der Waals surface area (Å²) >= 11 is 0.941. The van der Waals surface area contributed by atoms with E-state index in [-0.39, 0.29) is 6.29 Å². The number of benzene rings is 3. The van der Waals surface area contributed by atoms with Crippen molar-refractivity contribution >= 4 is 22.9 Å². The highest BCUT2D eigenvalue weighted by atomic mass is 32.2. The van der Waals surface area contributed by atoms with Crippen molar-refractivity contribution in [3.8, 4) is 11.5 Å². The molecule has 0 radical (unpaired) electrons. The molecule has 2 aliphatic rings. The Morgan fingerprint density at radius 1 is 0.735 bits per heavy atom. The van der Waals surface area contributed by atoms with E-state index in [0.717, 1.165) is 68.2 Å². The minimum atomic E-state index is -6.28. The van der Waals surface area contributed by atoms with Gasteiger partial charge in [-0.1, -0.05) is 48.5 Å². The van der Waals surface area contributed by atoms with Crippen LogP contribution < -0.4 is 9.47 Å². The van der Waals surface area contributed by atoms with Crippen LogP contribution in [-0.2, 0) is 11.2 Å². The number of rotatable bonds is 15. The van der Waals surface area contributed by atoms with E-state index in [0.29, 0.717) is 37.4 Å². The fourth-order valence-electron chi connectivity index (χ4n) is 6.11. The Bertz CT molecular complexity index is 1520. The van der Waals surface area contributed by atoms with E-state index in [1.807, 2.05) is 24.3 Å². The zero-order valence-corrected chi connectivity index (χ0v) is 28.0. The molecule has 5 rings (SSSR count). The first-order chi connectivity index (χ1) is 23.5. The first-order valence-electron chi connectivity index (χ1n) is 16.8. The van der Waals surface area contributed by atoms with Crippen molar-refractivity contribution in [1.29, 1.82) is 0 Å². The van der Waals surface area contributed by atoms with Crippen LogP contribution in [0, 0.1) is 0 Å². The minimum absolute atomic E-state index is 0.210. The highest BCUT2D eigenvalue weighted by Gasteiger charge is 2.72. The maximum Gasteiger partial charge on any atom is 0.459 e. The molecule has 1 atom stereocenters. The van der Waals surface area contributed by atoms with Crippen molar-refractivity contribution in [3.05, 3.63) is 95.1 Å². The molecular formula is C38H41F7O3S. The molecule has 0 bridgehead atoms. The predicted octanol–water partition coefficient (Wildman–Crippen LogP) is 11.4. The fraction of sp³-hybridized carbons (Fsp3) is 0.474. The Morgan fingerprint density at radius 3 is 2.20 bits per heavy atom. The summed E-state index contributed by atoms with van der Waals surface area (Å²) in [5.74, 6) is -9.76. The lowest BCUT2D eigenvalue weighted by Crippen LogP contribution is -2.52. The van der Waals surface area contributed by atoms with Gasteiger partial charge in [0.1, 0.15) is 11.5 Å². The Morgan fingerprint density at radius 2 is 1.49 bits per heavy atom. The Kier molecular flexibility index (Phi) is 12.6. The number of halogens is 7. The quantitative estimate of drug-likeness (QED) is 0.116. The molecule has 3 aromatic carbocycles. The van der Waals surface area contributed by atoms with E-state index in [2.05, 4.69) is 48.5 Å². The SMILES string of the molecule is FC(F)(F)C(F)(F)C(F)(F)CCSCCCCCOc1ccc(C2=C(c3ccccc3)CCCc3cc(OC4CCCCO4)ccc32)cc1. The van der Waals surface area contributed by atoms with E-state index in [1.54, 1.807) is 0 Å². The lowest BCUT2D eigenvalue weighted by molar-refractivity contribution is -0.354. The first kappa shape index (κ1) is 37.1. The van der Waals surface area contributed by atoms with Crippen molar-refractivity contribution in [3.63, 3.8) is 0 Å². The lowest BCUT2D eigenvalue weighted by atomic mass is 9.88. The van der Waals surface area contributed by atoms with E-state index >= 15 is 0 Å². The van der Waals surface area contributed by atoms with Crippen LogP contribution in [0.25, 0.3) is 11.1 Å². The van der Waals surface area contributed by atoms with Gasteiger partial charge in [-0.15, -0.1) is 0 Å². The average molecular weight is 711 g/mol. The highest BCUT2D eigenvalue weighted by molar-refractivity contribution is 7.99. The van der Waals surface area contributed by atoms with Gasteiger partial charge in [0.05, 0.1) is 13.2 Å². The molecule has 0 spiro atoms. The number of aryl methyl sites for hydroxylation is 1. The topological polar surface area (TPSA) is 27.7 Å². The summed E-state index contributed by atoms with van der Waals surface area (Å²) in [6.45, 7) is 1.15. The van der Waals surface area contributed by atoms with Crippen LogP contribution in [-0.4, -0.2) is 49.0 Å². The minimum Gasteiger partial charge on any atom is -0.494 e. The molecule has 49 heavy (non-hydrogen) atoms. The Labute approximate surface area is 287 Å². The second kappa shape index (κ2) is 16.7.